The van der Waals surface area contributed by atoms with Crippen LogP contribution in [0.4, 0.5) is 0 Å². The summed E-state index contributed by atoms with van der Waals surface area (Å²) in [6.45, 7) is 4.43. The van der Waals surface area contributed by atoms with Gasteiger partial charge in [-0.3, -0.25) is 4.79 Å². The van der Waals surface area contributed by atoms with Crippen molar-refractivity contribution in [1.82, 2.24) is 29.6 Å². The van der Waals surface area contributed by atoms with Crippen LogP contribution < -0.4 is 15.6 Å². The van der Waals surface area contributed by atoms with Crippen LogP contribution in [-0.4, -0.2) is 65.4 Å². The van der Waals surface area contributed by atoms with Crippen LogP contribution in [0.2, 0.25) is 0 Å². The first-order valence-corrected chi connectivity index (χ1v) is 12.3. The Morgan fingerprint density at radius 1 is 1.12 bits per heavy atom. The highest BCUT2D eigenvalue weighted by molar-refractivity contribution is 7.89. The van der Waals surface area contributed by atoms with Crippen molar-refractivity contribution in [3.63, 3.8) is 0 Å². The molecule has 3 heterocycles. The summed E-state index contributed by atoms with van der Waals surface area (Å²) in [7, 11) is -3.70. The molecule has 1 aliphatic heterocycles. The molecule has 11 heteroatoms. The van der Waals surface area contributed by atoms with Gasteiger partial charge in [0.25, 0.3) is 5.56 Å². The van der Waals surface area contributed by atoms with E-state index in [1.54, 1.807) is 24.5 Å². The zero-order valence-corrected chi connectivity index (χ0v) is 18.9. The lowest BCUT2D eigenvalue weighted by Crippen LogP contribution is -2.46. The number of hydrogen-bond acceptors (Lipinski definition) is 7. The Labute approximate surface area is 190 Å². The van der Waals surface area contributed by atoms with Gasteiger partial charge in [-0.15, -0.1) is 0 Å². The van der Waals surface area contributed by atoms with Gasteiger partial charge in [0.1, 0.15) is 11.6 Å². The van der Waals surface area contributed by atoms with Crippen molar-refractivity contribution in [1.29, 1.82) is 0 Å². The minimum absolute atomic E-state index is 0.133. The molecule has 3 N–H and O–H groups in total. The van der Waals surface area contributed by atoms with Crippen molar-refractivity contribution in [2.75, 3.05) is 32.8 Å². The molecule has 172 valence electrons. The molecular weight excluding hydrogens is 444 g/mol. The average Bonchev–Trinajstić information content (AvgIpc) is 3.29. The Balaban J connectivity index is 1.66. The molecule has 33 heavy (non-hydrogen) atoms. The molecule has 1 aliphatic rings. The second-order valence-electron chi connectivity index (χ2n) is 7.86. The van der Waals surface area contributed by atoms with Crippen LogP contribution in [0.1, 0.15) is 13.3 Å². The standard InChI is InChI=1S/C22H24N6O4S/c1-2-9-32-20-4-3-14(33(30,31)28-7-5-23-6-8-28)10-16(20)21-26-17-12-19-18(24-13-25-19)11-15(17)22(29)27-21/h3-4,10-13,23H,2,5-9H2,1H3,(H,24,25)(H,26,27,29). The van der Waals surface area contributed by atoms with Crippen molar-refractivity contribution in [2.45, 2.75) is 18.2 Å². The molecule has 1 fully saturated rings. The summed E-state index contributed by atoms with van der Waals surface area (Å²) in [6, 6.07) is 8.12. The van der Waals surface area contributed by atoms with E-state index in [2.05, 4.69) is 25.3 Å². The van der Waals surface area contributed by atoms with Crippen LogP contribution in [0.25, 0.3) is 33.3 Å². The number of hydrogen-bond donors (Lipinski definition) is 3. The summed E-state index contributed by atoms with van der Waals surface area (Å²) in [4.78, 5) is 27.7. The number of H-pyrrole nitrogens is 2. The third-order valence-electron chi connectivity index (χ3n) is 5.63. The zero-order valence-electron chi connectivity index (χ0n) is 18.1. The van der Waals surface area contributed by atoms with Gasteiger partial charge in [0.2, 0.25) is 10.0 Å². The van der Waals surface area contributed by atoms with Gasteiger partial charge in [-0.2, -0.15) is 4.31 Å². The van der Waals surface area contributed by atoms with Gasteiger partial charge >= 0.3 is 0 Å². The lowest BCUT2D eigenvalue weighted by atomic mass is 10.1. The minimum atomic E-state index is -3.70. The number of piperazine rings is 1. The number of benzene rings is 2. The quantitative estimate of drug-likeness (QED) is 0.393. The van der Waals surface area contributed by atoms with E-state index >= 15 is 0 Å². The summed E-state index contributed by atoms with van der Waals surface area (Å²) >= 11 is 0. The van der Waals surface area contributed by atoms with Crippen LogP contribution in [0.3, 0.4) is 0 Å². The number of fused-ring (bicyclic) bond motifs is 2. The van der Waals surface area contributed by atoms with Gasteiger partial charge in [-0.05, 0) is 36.8 Å². The van der Waals surface area contributed by atoms with E-state index in [1.807, 2.05) is 6.92 Å². The molecule has 0 saturated carbocycles. The molecule has 1 saturated heterocycles. The first kappa shape index (κ1) is 21.6. The van der Waals surface area contributed by atoms with Crippen LogP contribution in [0, 0.1) is 0 Å². The number of nitrogens with zero attached hydrogens (tertiary/aromatic N) is 3. The van der Waals surface area contributed by atoms with E-state index in [0.717, 1.165) is 11.9 Å². The van der Waals surface area contributed by atoms with Gasteiger partial charge in [-0.25, -0.2) is 18.4 Å². The number of aromatic nitrogens is 4. The van der Waals surface area contributed by atoms with E-state index in [9.17, 15) is 13.2 Å². The number of aromatic amines is 2. The molecule has 0 unspecified atom stereocenters. The lowest BCUT2D eigenvalue weighted by molar-refractivity contribution is 0.318. The number of ether oxygens (including phenoxy) is 1. The molecule has 2 aromatic carbocycles. The Kier molecular flexibility index (Phi) is 5.60. The van der Waals surface area contributed by atoms with Crippen molar-refractivity contribution < 1.29 is 13.2 Å². The maximum absolute atomic E-state index is 13.2. The molecule has 4 aromatic rings. The second kappa shape index (κ2) is 8.58. The molecular formula is C22H24N6O4S. The molecule has 0 radical (unpaired) electrons. The van der Waals surface area contributed by atoms with E-state index in [4.69, 9.17) is 4.74 Å². The zero-order chi connectivity index (χ0) is 23.0. The van der Waals surface area contributed by atoms with Crippen LogP contribution >= 0.6 is 0 Å². The van der Waals surface area contributed by atoms with Gasteiger partial charge in [-0.1, -0.05) is 6.92 Å². The van der Waals surface area contributed by atoms with Gasteiger partial charge in [0.05, 0.1) is 45.3 Å². The Morgan fingerprint density at radius 3 is 2.73 bits per heavy atom. The summed E-state index contributed by atoms with van der Waals surface area (Å²) in [5.41, 5.74) is 1.97. The van der Waals surface area contributed by atoms with Gasteiger partial charge in [0.15, 0.2) is 0 Å². The fourth-order valence-corrected chi connectivity index (χ4v) is 5.39. The largest absolute Gasteiger partial charge is 0.493 e. The smallest absolute Gasteiger partial charge is 0.259 e. The summed E-state index contributed by atoms with van der Waals surface area (Å²) < 4.78 is 33.8. The van der Waals surface area contributed by atoms with E-state index < -0.39 is 10.0 Å². The SMILES string of the molecule is CCCOc1ccc(S(=O)(=O)N2CCNCC2)cc1-c1nc2cc3nc[nH]c3cc2c(=O)[nH]1. The van der Waals surface area contributed by atoms with Crippen molar-refractivity contribution >= 4 is 32.0 Å². The molecule has 0 spiro atoms. The first-order chi connectivity index (χ1) is 16.0. The minimum Gasteiger partial charge on any atom is -0.493 e. The third kappa shape index (κ3) is 3.99. The van der Waals surface area contributed by atoms with Gasteiger partial charge in [0, 0.05) is 26.2 Å². The highest BCUT2D eigenvalue weighted by Crippen LogP contribution is 2.32. The molecule has 10 nitrogen and oxygen atoms in total. The fourth-order valence-electron chi connectivity index (χ4n) is 3.92. The molecule has 0 bridgehead atoms. The average molecular weight is 469 g/mol. The Morgan fingerprint density at radius 2 is 1.94 bits per heavy atom. The maximum atomic E-state index is 13.2. The highest BCUT2D eigenvalue weighted by atomic mass is 32.2. The molecule has 0 aliphatic carbocycles. The van der Waals surface area contributed by atoms with E-state index in [-0.39, 0.29) is 16.3 Å². The van der Waals surface area contributed by atoms with E-state index in [1.165, 1.54) is 16.4 Å². The normalized spacial score (nSPS) is 15.3. The Hall–Kier alpha value is -3.28. The van der Waals surface area contributed by atoms with Crippen molar-refractivity contribution in [2.24, 2.45) is 0 Å². The molecule has 5 rings (SSSR count). The topological polar surface area (TPSA) is 133 Å². The summed E-state index contributed by atoms with van der Waals surface area (Å²) in [5.74, 6) is 0.699. The second-order valence-corrected chi connectivity index (χ2v) is 9.80. The highest BCUT2D eigenvalue weighted by Gasteiger charge is 2.27. The van der Waals surface area contributed by atoms with Crippen LogP contribution in [0.15, 0.2) is 46.3 Å². The predicted octanol–water partition coefficient (Wildman–Crippen LogP) is 1.85. The van der Waals surface area contributed by atoms with Crippen LogP contribution in [-0.2, 0) is 10.0 Å². The fraction of sp³-hybridized carbons (Fsp3) is 0.318. The van der Waals surface area contributed by atoms with Gasteiger partial charge < -0.3 is 20.0 Å². The first-order valence-electron chi connectivity index (χ1n) is 10.8. The molecule has 0 amide bonds. The van der Waals surface area contributed by atoms with Crippen molar-refractivity contribution in [3.8, 4) is 17.1 Å². The number of sulfonamides is 1. The van der Waals surface area contributed by atoms with E-state index in [0.29, 0.717) is 60.5 Å². The maximum Gasteiger partial charge on any atom is 0.259 e. The molecule has 2 aromatic heterocycles. The monoisotopic (exact) mass is 468 g/mol. The number of imidazole rings is 1. The summed E-state index contributed by atoms with van der Waals surface area (Å²) in [6.07, 6.45) is 2.33. The predicted molar refractivity (Wildman–Crippen MR) is 125 cm³/mol. The molecule has 0 atom stereocenters. The van der Waals surface area contributed by atoms with Crippen LogP contribution in [0.5, 0.6) is 5.75 Å². The Bertz CT molecular complexity index is 1490. The number of rotatable bonds is 6. The number of nitrogens with one attached hydrogen (secondary N) is 3. The third-order valence-corrected chi connectivity index (χ3v) is 7.52. The van der Waals surface area contributed by atoms with Crippen molar-refractivity contribution in [3.05, 3.63) is 47.0 Å². The summed E-state index contributed by atoms with van der Waals surface area (Å²) in [5, 5.41) is 3.57. The lowest BCUT2D eigenvalue weighted by Gasteiger charge is -2.27.